The third-order valence-corrected chi connectivity index (χ3v) is 2.75. The van der Waals surface area contributed by atoms with Crippen LogP contribution in [0.15, 0.2) is 36.8 Å². The Kier molecular flexibility index (Phi) is 4.97. The Morgan fingerprint density at radius 1 is 1.35 bits per heavy atom. The minimum atomic E-state index is -0.386. The highest BCUT2D eigenvalue weighted by atomic mass is 19.1. The molecule has 0 aliphatic carbocycles. The van der Waals surface area contributed by atoms with Crippen LogP contribution in [0, 0.1) is 5.82 Å². The van der Waals surface area contributed by atoms with Gasteiger partial charge in [0.25, 0.3) is 0 Å². The maximum Gasteiger partial charge on any atom is 0.141 e. The Morgan fingerprint density at radius 2 is 2.20 bits per heavy atom. The second kappa shape index (κ2) is 6.93. The first kappa shape index (κ1) is 14.4. The number of ether oxygens (including phenoxy) is 1. The summed E-state index contributed by atoms with van der Waals surface area (Å²) in [5, 5.41) is 0. The molecule has 20 heavy (non-hydrogen) atoms. The van der Waals surface area contributed by atoms with Crippen molar-refractivity contribution in [3.63, 3.8) is 0 Å². The number of nitrogens with zero attached hydrogens (tertiary/aromatic N) is 2. The van der Waals surface area contributed by atoms with Crippen LogP contribution in [0.1, 0.15) is 30.6 Å². The molecule has 2 aromatic heterocycles. The van der Waals surface area contributed by atoms with Crippen LogP contribution in [0.5, 0.6) is 5.75 Å². The van der Waals surface area contributed by atoms with Crippen molar-refractivity contribution < 1.29 is 9.13 Å². The van der Waals surface area contributed by atoms with Gasteiger partial charge in [0.1, 0.15) is 11.6 Å². The SMILES string of the molecule is CCCOc1cncc(C(NN)c2ccc(F)cn2)c1. The number of hydrazine groups is 1. The van der Waals surface area contributed by atoms with E-state index >= 15 is 0 Å². The van der Waals surface area contributed by atoms with Crippen LogP contribution in [0.2, 0.25) is 0 Å². The van der Waals surface area contributed by atoms with E-state index in [0.717, 1.165) is 18.2 Å². The topological polar surface area (TPSA) is 73.1 Å². The zero-order valence-corrected chi connectivity index (χ0v) is 11.2. The number of halogens is 1. The van der Waals surface area contributed by atoms with E-state index in [0.29, 0.717) is 18.1 Å². The quantitative estimate of drug-likeness (QED) is 0.623. The molecule has 5 nitrogen and oxygen atoms in total. The molecule has 0 spiro atoms. The summed E-state index contributed by atoms with van der Waals surface area (Å²) in [5.74, 6) is 5.86. The monoisotopic (exact) mass is 276 g/mol. The Balaban J connectivity index is 2.24. The minimum Gasteiger partial charge on any atom is -0.492 e. The molecule has 0 aliphatic rings. The standard InChI is InChI=1S/C14H17FN4O/c1-2-5-20-12-6-10(7-17-9-12)14(19-16)13-4-3-11(15)8-18-13/h3-4,6-9,14,19H,2,5,16H2,1H3. The summed E-state index contributed by atoms with van der Waals surface area (Å²) < 4.78 is 18.4. The molecule has 1 atom stereocenters. The molecule has 0 amide bonds. The molecule has 106 valence electrons. The zero-order valence-electron chi connectivity index (χ0n) is 11.2. The van der Waals surface area contributed by atoms with Gasteiger partial charge < -0.3 is 4.74 Å². The van der Waals surface area contributed by atoms with Crippen LogP contribution in [0.3, 0.4) is 0 Å². The Labute approximate surface area is 117 Å². The lowest BCUT2D eigenvalue weighted by molar-refractivity contribution is 0.315. The van der Waals surface area contributed by atoms with Gasteiger partial charge in [0, 0.05) is 6.20 Å². The second-order valence-corrected chi connectivity index (χ2v) is 4.30. The third kappa shape index (κ3) is 3.49. The van der Waals surface area contributed by atoms with Gasteiger partial charge in [-0.3, -0.25) is 15.8 Å². The summed E-state index contributed by atoms with van der Waals surface area (Å²) >= 11 is 0. The average molecular weight is 276 g/mol. The van der Waals surface area contributed by atoms with Crippen molar-refractivity contribution >= 4 is 0 Å². The molecule has 0 radical (unpaired) electrons. The van der Waals surface area contributed by atoms with Gasteiger partial charge in [-0.05, 0) is 30.2 Å². The third-order valence-electron chi connectivity index (χ3n) is 2.75. The largest absolute Gasteiger partial charge is 0.492 e. The number of hydrogen-bond acceptors (Lipinski definition) is 5. The van der Waals surface area contributed by atoms with Gasteiger partial charge in [0.15, 0.2) is 0 Å². The van der Waals surface area contributed by atoms with Crippen molar-refractivity contribution in [1.29, 1.82) is 0 Å². The molecule has 6 heteroatoms. The van der Waals surface area contributed by atoms with E-state index in [1.807, 2.05) is 13.0 Å². The van der Waals surface area contributed by atoms with Gasteiger partial charge in [-0.15, -0.1) is 0 Å². The number of hydrogen-bond donors (Lipinski definition) is 2. The number of pyridine rings is 2. The highest BCUT2D eigenvalue weighted by Gasteiger charge is 2.15. The van der Waals surface area contributed by atoms with Gasteiger partial charge in [0.2, 0.25) is 0 Å². The van der Waals surface area contributed by atoms with Gasteiger partial charge in [-0.2, -0.15) is 0 Å². The lowest BCUT2D eigenvalue weighted by Crippen LogP contribution is -2.29. The summed E-state index contributed by atoms with van der Waals surface area (Å²) in [4.78, 5) is 8.16. The molecular weight excluding hydrogens is 259 g/mol. The van der Waals surface area contributed by atoms with Gasteiger partial charge in [-0.1, -0.05) is 6.92 Å². The van der Waals surface area contributed by atoms with Crippen molar-refractivity contribution in [2.24, 2.45) is 5.84 Å². The summed E-state index contributed by atoms with van der Waals surface area (Å²) in [6.45, 7) is 2.66. The van der Waals surface area contributed by atoms with Gasteiger partial charge >= 0.3 is 0 Å². The number of rotatable bonds is 6. The van der Waals surface area contributed by atoms with Crippen molar-refractivity contribution in [2.45, 2.75) is 19.4 Å². The van der Waals surface area contributed by atoms with Crippen LogP contribution in [0.25, 0.3) is 0 Å². The average Bonchev–Trinajstić information content (AvgIpc) is 2.48. The molecule has 2 aromatic rings. The molecule has 3 N–H and O–H groups in total. The molecule has 0 aliphatic heterocycles. The van der Waals surface area contributed by atoms with E-state index < -0.39 is 0 Å². The highest BCUT2D eigenvalue weighted by molar-refractivity contribution is 5.31. The van der Waals surface area contributed by atoms with Crippen molar-refractivity contribution in [3.05, 3.63) is 53.9 Å². The normalized spacial score (nSPS) is 12.2. The van der Waals surface area contributed by atoms with Crippen molar-refractivity contribution in [2.75, 3.05) is 6.61 Å². The Bertz CT molecular complexity index is 547. The molecule has 0 saturated carbocycles. The van der Waals surface area contributed by atoms with E-state index in [4.69, 9.17) is 10.6 Å². The molecule has 1 unspecified atom stereocenters. The summed E-state index contributed by atoms with van der Waals surface area (Å²) in [5.41, 5.74) is 4.08. The first-order chi connectivity index (χ1) is 9.74. The fourth-order valence-electron chi connectivity index (χ4n) is 1.80. The van der Waals surface area contributed by atoms with Crippen molar-refractivity contribution in [3.8, 4) is 5.75 Å². The lowest BCUT2D eigenvalue weighted by Gasteiger charge is -2.16. The van der Waals surface area contributed by atoms with Crippen LogP contribution >= 0.6 is 0 Å². The smallest absolute Gasteiger partial charge is 0.141 e. The maximum absolute atomic E-state index is 12.9. The fraction of sp³-hybridized carbons (Fsp3) is 0.286. The summed E-state index contributed by atoms with van der Waals surface area (Å²) in [7, 11) is 0. The van der Waals surface area contributed by atoms with Gasteiger partial charge in [-0.25, -0.2) is 9.82 Å². The van der Waals surface area contributed by atoms with Gasteiger partial charge in [0.05, 0.1) is 30.7 Å². The van der Waals surface area contributed by atoms with Crippen molar-refractivity contribution in [1.82, 2.24) is 15.4 Å². The van der Waals surface area contributed by atoms with E-state index in [2.05, 4.69) is 15.4 Å². The number of nitrogens with two attached hydrogens (primary N) is 1. The molecule has 2 rings (SSSR count). The molecular formula is C14H17FN4O. The highest BCUT2D eigenvalue weighted by Crippen LogP contribution is 2.22. The van der Waals surface area contributed by atoms with E-state index in [9.17, 15) is 4.39 Å². The van der Waals surface area contributed by atoms with E-state index in [-0.39, 0.29) is 11.9 Å². The Morgan fingerprint density at radius 3 is 2.85 bits per heavy atom. The van der Waals surface area contributed by atoms with Crippen LogP contribution in [-0.4, -0.2) is 16.6 Å². The molecule has 0 bridgehead atoms. The molecule has 0 saturated heterocycles. The van der Waals surface area contributed by atoms with E-state index in [1.54, 1.807) is 18.5 Å². The maximum atomic E-state index is 12.9. The van der Waals surface area contributed by atoms with E-state index in [1.165, 1.54) is 6.07 Å². The van der Waals surface area contributed by atoms with Crippen LogP contribution in [-0.2, 0) is 0 Å². The molecule has 0 aromatic carbocycles. The number of nitrogens with one attached hydrogen (secondary N) is 1. The second-order valence-electron chi connectivity index (χ2n) is 4.30. The fourth-order valence-corrected chi connectivity index (χ4v) is 1.80. The molecule has 2 heterocycles. The zero-order chi connectivity index (χ0) is 14.4. The first-order valence-corrected chi connectivity index (χ1v) is 6.40. The minimum absolute atomic E-state index is 0.367. The van der Waals surface area contributed by atoms with Crippen LogP contribution < -0.4 is 16.0 Å². The molecule has 0 fully saturated rings. The van der Waals surface area contributed by atoms with Crippen LogP contribution in [0.4, 0.5) is 4.39 Å². The number of aromatic nitrogens is 2. The summed E-state index contributed by atoms with van der Waals surface area (Å²) in [6, 6.07) is 4.41. The summed E-state index contributed by atoms with van der Waals surface area (Å²) in [6.07, 6.45) is 5.39. The Hall–Kier alpha value is -2.05. The predicted molar refractivity (Wildman–Crippen MR) is 73.4 cm³/mol. The lowest BCUT2D eigenvalue weighted by atomic mass is 10.1. The first-order valence-electron chi connectivity index (χ1n) is 6.40. The predicted octanol–water partition coefficient (Wildman–Crippen LogP) is 1.96.